The van der Waals surface area contributed by atoms with Crippen LogP contribution in [-0.4, -0.2) is 31.8 Å². The summed E-state index contributed by atoms with van der Waals surface area (Å²) in [4.78, 5) is 11.6. The van der Waals surface area contributed by atoms with Crippen molar-refractivity contribution in [1.82, 2.24) is 0 Å². The van der Waals surface area contributed by atoms with Crippen LogP contribution in [0.5, 0.6) is 11.5 Å². The number of methoxy groups -OCH3 is 1. The first kappa shape index (κ1) is 13.2. The Hall–Kier alpha value is -1.75. The molecule has 1 amide bonds. The van der Waals surface area contributed by atoms with Crippen LogP contribution in [0.25, 0.3) is 0 Å². The molecule has 1 heterocycles. The van der Waals surface area contributed by atoms with E-state index in [0.717, 1.165) is 23.5 Å². The van der Waals surface area contributed by atoms with Crippen LogP contribution in [0.15, 0.2) is 18.2 Å². The first-order chi connectivity index (χ1) is 9.58. The van der Waals surface area contributed by atoms with Crippen molar-refractivity contribution in [3.8, 4) is 11.5 Å². The number of carbonyl (C=O) groups is 1. The van der Waals surface area contributed by atoms with Crippen molar-refractivity contribution in [1.29, 1.82) is 0 Å². The Labute approximate surface area is 118 Å². The molecule has 5 nitrogen and oxygen atoms in total. The molecule has 3 rings (SSSR count). The Kier molecular flexibility index (Phi) is 3.09. The number of nitrogens with two attached hydrogens (primary N) is 1. The summed E-state index contributed by atoms with van der Waals surface area (Å²) in [6.45, 7) is 2.88. The Balaban J connectivity index is 1.88. The van der Waals surface area contributed by atoms with E-state index in [1.54, 1.807) is 6.92 Å². The quantitative estimate of drug-likeness (QED) is 0.904. The molecule has 1 aromatic carbocycles. The summed E-state index contributed by atoms with van der Waals surface area (Å²) in [6.07, 6.45) is 0.868. The summed E-state index contributed by atoms with van der Waals surface area (Å²) in [6, 6.07) is 5.88. The highest BCUT2D eigenvalue weighted by Crippen LogP contribution is 2.57. The zero-order chi connectivity index (χ0) is 14.3. The minimum Gasteiger partial charge on any atom is -0.486 e. The summed E-state index contributed by atoms with van der Waals surface area (Å²) in [5.74, 6) is 1.47. The maximum absolute atomic E-state index is 11.6. The molecule has 0 saturated heterocycles. The second-order valence-electron chi connectivity index (χ2n) is 5.50. The van der Waals surface area contributed by atoms with Gasteiger partial charge < -0.3 is 19.9 Å². The van der Waals surface area contributed by atoms with E-state index in [-0.39, 0.29) is 11.8 Å². The van der Waals surface area contributed by atoms with Gasteiger partial charge in [-0.05, 0) is 25.3 Å². The predicted octanol–water partition coefficient (Wildman–Crippen LogP) is 1.45. The Bertz CT molecular complexity index is 545. The van der Waals surface area contributed by atoms with E-state index in [1.165, 1.54) is 7.11 Å². The van der Waals surface area contributed by atoms with Crippen LogP contribution in [-0.2, 0) is 9.53 Å². The number of primary amides is 1. The molecule has 0 aromatic heterocycles. The SMILES string of the molecule is COC(C)(C(N)=O)C1CC1c1cccc2c1OCCO2. The van der Waals surface area contributed by atoms with Crippen LogP contribution in [0.2, 0.25) is 0 Å². The molecule has 1 fully saturated rings. The summed E-state index contributed by atoms with van der Waals surface area (Å²) >= 11 is 0. The largest absolute Gasteiger partial charge is 0.486 e. The zero-order valence-corrected chi connectivity index (χ0v) is 11.7. The Morgan fingerprint density at radius 2 is 2.15 bits per heavy atom. The molecule has 5 heteroatoms. The van der Waals surface area contributed by atoms with Gasteiger partial charge in [-0.1, -0.05) is 12.1 Å². The maximum atomic E-state index is 11.6. The number of hydrogen-bond donors (Lipinski definition) is 1. The summed E-state index contributed by atoms with van der Waals surface area (Å²) in [7, 11) is 1.53. The molecule has 3 atom stereocenters. The van der Waals surface area contributed by atoms with Gasteiger partial charge in [0.15, 0.2) is 11.5 Å². The molecule has 2 N–H and O–H groups in total. The van der Waals surface area contributed by atoms with Crippen molar-refractivity contribution in [2.24, 2.45) is 11.7 Å². The fraction of sp³-hybridized carbons (Fsp3) is 0.533. The number of hydrogen-bond acceptors (Lipinski definition) is 4. The molecule has 2 aliphatic rings. The van der Waals surface area contributed by atoms with Crippen LogP contribution >= 0.6 is 0 Å². The van der Waals surface area contributed by atoms with Crippen LogP contribution in [0.3, 0.4) is 0 Å². The van der Waals surface area contributed by atoms with Crippen LogP contribution in [0.4, 0.5) is 0 Å². The number of para-hydroxylation sites is 1. The van der Waals surface area contributed by atoms with Gasteiger partial charge >= 0.3 is 0 Å². The Morgan fingerprint density at radius 1 is 1.40 bits per heavy atom. The Morgan fingerprint density at radius 3 is 2.85 bits per heavy atom. The van der Waals surface area contributed by atoms with E-state index < -0.39 is 11.5 Å². The number of fused-ring (bicyclic) bond motifs is 1. The van der Waals surface area contributed by atoms with E-state index in [4.69, 9.17) is 19.9 Å². The fourth-order valence-electron chi connectivity index (χ4n) is 2.97. The van der Waals surface area contributed by atoms with Crippen LogP contribution in [0.1, 0.15) is 24.8 Å². The molecule has 0 radical (unpaired) electrons. The molecule has 20 heavy (non-hydrogen) atoms. The van der Waals surface area contributed by atoms with Crippen molar-refractivity contribution < 1.29 is 19.0 Å². The lowest BCUT2D eigenvalue weighted by molar-refractivity contribution is -0.140. The highest BCUT2D eigenvalue weighted by atomic mass is 16.6. The number of ether oxygens (including phenoxy) is 3. The highest BCUT2D eigenvalue weighted by Gasteiger charge is 2.55. The normalized spacial score (nSPS) is 26.7. The van der Waals surface area contributed by atoms with E-state index >= 15 is 0 Å². The summed E-state index contributed by atoms with van der Waals surface area (Å²) in [5.41, 5.74) is 5.63. The van der Waals surface area contributed by atoms with Gasteiger partial charge in [0.25, 0.3) is 0 Å². The first-order valence-electron chi connectivity index (χ1n) is 6.81. The molecule has 1 aliphatic heterocycles. The molecule has 1 aliphatic carbocycles. The lowest BCUT2D eigenvalue weighted by Crippen LogP contribution is -2.45. The van der Waals surface area contributed by atoms with Crippen molar-refractivity contribution in [2.75, 3.05) is 20.3 Å². The number of benzene rings is 1. The van der Waals surface area contributed by atoms with Gasteiger partial charge in [0.2, 0.25) is 5.91 Å². The first-order valence-corrected chi connectivity index (χ1v) is 6.81. The number of rotatable bonds is 4. The lowest BCUT2D eigenvalue weighted by Gasteiger charge is -2.26. The van der Waals surface area contributed by atoms with E-state index in [1.807, 2.05) is 18.2 Å². The van der Waals surface area contributed by atoms with Gasteiger partial charge in [-0.3, -0.25) is 4.79 Å². The van der Waals surface area contributed by atoms with Crippen LogP contribution in [0, 0.1) is 5.92 Å². The van der Waals surface area contributed by atoms with Gasteiger partial charge in [-0.15, -0.1) is 0 Å². The van der Waals surface area contributed by atoms with Crippen molar-refractivity contribution in [2.45, 2.75) is 24.9 Å². The van der Waals surface area contributed by atoms with Crippen molar-refractivity contribution >= 4 is 5.91 Å². The smallest absolute Gasteiger partial charge is 0.249 e. The zero-order valence-electron chi connectivity index (χ0n) is 11.7. The number of carbonyl (C=O) groups excluding carboxylic acids is 1. The van der Waals surface area contributed by atoms with E-state index in [0.29, 0.717) is 13.2 Å². The minimum atomic E-state index is -0.928. The average Bonchev–Trinajstić information content (AvgIpc) is 3.26. The average molecular weight is 277 g/mol. The maximum Gasteiger partial charge on any atom is 0.249 e. The third-order valence-corrected chi connectivity index (χ3v) is 4.41. The molecule has 108 valence electrons. The van der Waals surface area contributed by atoms with Gasteiger partial charge in [0.05, 0.1) is 0 Å². The third kappa shape index (κ3) is 1.93. The van der Waals surface area contributed by atoms with Crippen molar-refractivity contribution in [3.63, 3.8) is 0 Å². The molecule has 1 aromatic rings. The van der Waals surface area contributed by atoms with E-state index in [2.05, 4.69) is 0 Å². The topological polar surface area (TPSA) is 70.8 Å². The van der Waals surface area contributed by atoms with E-state index in [9.17, 15) is 4.79 Å². The van der Waals surface area contributed by atoms with Gasteiger partial charge in [-0.25, -0.2) is 0 Å². The molecule has 0 spiro atoms. The number of amides is 1. The molecule has 0 bridgehead atoms. The third-order valence-electron chi connectivity index (χ3n) is 4.41. The monoisotopic (exact) mass is 277 g/mol. The molecular formula is C15H19NO4. The molecular weight excluding hydrogens is 258 g/mol. The molecule has 1 saturated carbocycles. The predicted molar refractivity (Wildman–Crippen MR) is 72.9 cm³/mol. The fourth-order valence-corrected chi connectivity index (χ4v) is 2.97. The van der Waals surface area contributed by atoms with Gasteiger partial charge in [0, 0.05) is 18.6 Å². The standard InChI is InChI=1S/C15H19NO4/c1-15(18-2,14(16)17)11-8-10(11)9-4-3-5-12-13(9)20-7-6-19-12/h3-5,10-11H,6-8H2,1-2H3,(H2,16,17). The minimum absolute atomic E-state index is 0.0852. The second kappa shape index (κ2) is 4.66. The summed E-state index contributed by atoms with van der Waals surface area (Å²) in [5, 5.41) is 0. The van der Waals surface area contributed by atoms with Gasteiger partial charge in [0.1, 0.15) is 18.8 Å². The molecule has 3 unspecified atom stereocenters. The highest BCUT2D eigenvalue weighted by molar-refractivity contribution is 5.84. The van der Waals surface area contributed by atoms with Crippen molar-refractivity contribution in [3.05, 3.63) is 23.8 Å². The second-order valence-corrected chi connectivity index (χ2v) is 5.50. The lowest BCUT2D eigenvalue weighted by atomic mass is 9.95. The van der Waals surface area contributed by atoms with Crippen LogP contribution < -0.4 is 15.2 Å². The van der Waals surface area contributed by atoms with Gasteiger partial charge in [-0.2, -0.15) is 0 Å². The summed E-state index contributed by atoms with van der Waals surface area (Å²) < 4.78 is 16.7.